The van der Waals surface area contributed by atoms with Crippen LogP contribution in [0.3, 0.4) is 0 Å². The molecule has 4 N–H and O–H groups in total. The lowest BCUT2D eigenvalue weighted by molar-refractivity contribution is -0.264. The third-order valence-electron chi connectivity index (χ3n) is 14.6. The van der Waals surface area contributed by atoms with Crippen LogP contribution in [0.2, 0.25) is 0 Å². The average molecular weight is 899 g/mol. The number of rotatable bonds is 6. The summed E-state index contributed by atoms with van der Waals surface area (Å²) in [4.78, 5) is 57.8. The Kier molecular flexibility index (Phi) is 21.1. The molecule has 1 amide bonds. The Morgan fingerprint density at radius 2 is 1.59 bits per heavy atom. The molecule has 3 heterocycles. The summed E-state index contributed by atoms with van der Waals surface area (Å²) in [7, 11) is 4.90. The molecule has 1 aliphatic carbocycles. The lowest BCUT2D eigenvalue weighted by Gasteiger charge is -2.43. The summed E-state index contributed by atoms with van der Waals surface area (Å²) in [5.74, 6) is -5.95. The summed E-state index contributed by atoms with van der Waals surface area (Å²) >= 11 is 0. The first-order valence-corrected chi connectivity index (χ1v) is 24.1. The van der Waals surface area contributed by atoms with E-state index in [-0.39, 0.29) is 54.1 Å². The number of hydrogen-bond donors (Lipinski definition) is 4. The minimum atomic E-state index is -2.35. The normalized spacial score (nSPS) is 39.5. The fourth-order valence-electron chi connectivity index (χ4n) is 10.4. The molecule has 4 rings (SSSR count). The van der Waals surface area contributed by atoms with Gasteiger partial charge in [-0.05, 0) is 134 Å². The van der Waals surface area contributed by atoms with E-state index in [2.05, 4.69) is 19.2 Å². The van der Waals surface area contributed by atoms with Crippen molar-refractivity contribution in [3.63, 3.8) is 0 Å². The number of fused-ring (bicyclic) bond motifs is 3. The number of Topliss-reactive ketones (excluding diaryl/α,β-unsaturated/α-hetero) is 2. The maximum atomic E-state index is 14.4. The Balaban J connectivity index is 1.67. The summed E-state index contributed by atoms with van der Waals surface area (Å²) in [5, 5.41) is 37.2. The summed E-state index contributed by atoms with van der Waals surface area (Å²) in [6, 6.07) is -1.15. The van der Waals surface area contributed by atoms with Gasteiger partial charge in [-0.2, -0.15) is 0 Å². The van der Waals surface area contributed by atoms with E-state index in [1.54, 1.807) is 21.0 Å². The molecule has 64 heavy (non-hydrogen) atoms. The van der Waals surface area contributed by atoms with Crippen molar-refractivity contribution in [1.82, 2.24) is 10.2 Å². The fourth-order valence-corrected chi connectivity index (χ4v) is 10.4. The van der Waals surface area contributed by atoms with Crippen LogP contribution < -0.4 is 5.32 Å². The topological polar surface area (TPSA) is 181 Å². The quantitative estimate of drug-likeness (QED) is 0.128. The van der Waals surface area contributed by atoms with Gasteiger partial charge in [-0.1, -0.05) is 76.6 Å². The number of allylic oxidation sites excluding steroid dienone is 6. The SMILES string of the molecule is CN[C@H]1C[C@@H]2CC[C@@H](C)[C@@](O)(O2)C(=O)C(=O)N2CCCC[C@H]2C(=O)O[C@H]([C@H](C)C[C@@H]2CC[C@@H](O)[C@H](OC)C2)CC[C@H](C)/C=C(\C)[C@@H](O)[C@@H](OC)C(=O)[C@H](C)C[C@H](C)/C=C/C=CC=C1C. The van der Waals surface area contributed by atoms with Gasteiger partial charge >= 0.3 is 5.97 Å². The first-order valence-electron chi connectivity index (χ1n) is 24.1. The molecule has 3 aliphatic heterocycles. The third kappa shape index (κ3) is 14.2. The molecule has 0 radical (unpaired) electrons. The molecule has 0 aromatic rings. The minimum Gasteiger partial charge on any atom is -0.461 e. The predicted octanol–water partition coefficient (Wildman–Crippen LogP) is 6.57. The van der Waals surface area contributed by atoms with Crippen molar-refractivity contribution in [3.05, 3.63) is 47.6 Å². The smallest absolute Gasteiger partial charge is 0.329 e. The van der Waals surface area contributed by atoms with Crippen LogP contribution in [-0.4, -0.2) is 126 Å². The third-order valence-corrected chi connectivity index (χ3v) is 14.6. The van der Waals surface area contributed by atoms with E-state index < -0.39 is 65.9 Å². The molecule has 13 heteroatoms. The number of piperidine rings is 1. The standard InChI is InChI=1S/C51H82N2O11/c1-31-16-12-11-13-17-33(3)40(52-8)30-39-22-20-37(7)51(60,64-39)48(57)49(58)53-25-15-14-18-41(53)50(59)63-43(34(4)28-38-21-23-42(54)44(29-38)61-9)24-19-32(2)27-36(6)46(56)47(62-10)45(55)35(5)26-31/h11-13,16-17,27,31-32,34-35,37-44,46-47,52,54,56,60H,14-15,18-26,28-30H2,1-10H3/b13-11?,16-12+,33-17?,36-27+/t31-,32+,34-,35-,37-,38+,39+,40+,41+,42-,43+,44-,46-,47+,51-/m1/s1. The van der Waals surface area contributed by atoms with Crippen molar-refractivity contribution in [2.45, 2.75) is 186 Å². The van der Waals surface area contributed by atoms with Gasteiger partial charge in [-0.15, -0.1) is 0 Å². The monoisotopic (exact) mass is 899 g/mol. The highest BCUT2D eigenvalue weighted by Gasteiger charge is 2.53. The van der Waals surface area contributed by atoms with E-state index in [9.17, 15) is 34.5 Å². The Morgan fingerprint density at radius 3 is 2.28 bits per heavy atom. The average Bonchev–Trinajstić information content (AvgIpc) is 3.27. The maximum Gasteiger partial charge on any atom is 0.329 e. The highest BCUT2D eigenvalue weighted by atomic mass is 16.6. The number of esters is 1. The first-order chi connectivity index (χ1) is 30.3. The van der Waals surface area contributed by atoms with E-state index in [0.29, 0.717) is 76.2 Å². The minimum absolute atomic E-state index is 0.0699. The first kappa shape index (κ1) is 53.6. The van der Waals surface area contributed by atoms with Crippen LogP contribution >= 0.6 is 0 Å². The zero-order valence-corrected chi connectivity index (χ0v) is 40.5. The Hall–Kier alpha value is -3.04. The van der Waals surface area contributed by atoms with Crippen LogP contribution in [0.15, 0.2) is 47.6 Å². The number of aliphatic hydroxyl groups is 3. The van der Waals surface area contributed by atoms with Crippen molar-refractivity contribution in [2.24, 2.45) is 35.5 Å². The number of methoxy groups -OCH3 is 2. The molecular weight excluding hydrogens is 817 g/mol. The summed E-state index contributed by atoms with van der Waals surface area (Å²) < 4.78 is 23.9. The van der Waals surface area contributed by atoms with Crippen LogP contribution in [0.5, 0.6) is 0 Å². The molecule has 1 saturated carbocycles. The number of hydrogen-bond acceptors (Lipinski definition) is 12. The summed E-state index contributed by atoms with van der Waals surface area (Å²) in [6.07, 6.45) is 15.4. The van der Waals surface area contributed by atoms with E-state index >= 15 is 0 Å². The van der Waals surface area contributed by atoms with E-state index in [4.69, 9.17) is 18.9 Å². The van der Waals surface area contributed by atoms with Gasteiger partial charge in [0.25, 0.3) is 11.7 Å². The van der Waals surface area contributed by atoms with Gasteiger partial charge < -0.3 is 44.5 Å². The van der Waals surface area contributed by atoms with Crippen molar-refractivity contribution in [3.8, 4) is 0 Å². The number of aliphatic hydroxyl groups excluding tert-OH is 2. The van der Waals surface area contributed by atoms with Gasteiger partial charge in [-0.25, -0.2) is 4.79 Å². The van der Waals surface area contributed by atoms with Crippen LogP contribution in [0.25, 0.3) is 0 Å². The van der Waals surface area contributed by atoms with Crippen LogP contribution in [0.4, 0.5) is 0 Å². The number of carbonyl (C=O) groups is 4. The number of likely N-dealkylation sites (N-methyl/N-ethyl adjacent to an activating group) is 1. The molecule has 0 aromatic carbocycles. The molecule has 0 unspecified atom stereocenters. The van der Waals surface area contributed by atoms with Gasteiger partial charge in [0, 0.05) is 38.6 Å². The number of ether oxygens (including phenoxy) is 4. The second kappa shape index (κ2) is 25.2. The second-order valence-corrected chi connectivity index (χ2v) is 19.8. The summed E-state index contributed by atoms with van der Waals surface area (Å²) in [6.45, 7) is 13.7. The maximum absolute atomic E-state index is 14.4. The molecule has 2 saturated heterocycles. The molecule has 0 aromatic heterocycles. The molecule has 4 aliphatic rings. The van der Waals surface area contributed by atoms with Crippen molar-refractivity contribution in [2.75, 3.05) is 27.8 Å². The fraction of sp³-hybridized carbons (Fsp3) is 0.765. The molecule has 13 nitrogen and oxygen atoms in total. The Labute approximate surface area is 383 Å². The molecular formula is C51H82N2O11. The molecule has 15 atom stereocenters. The Morgan fingerprint density at radius 1 is 0.859 bits per heavy atom. The second-order valence-electron chi connectivity index (χ2n) is 19.8. The van der Waals surface area contributed by atoms with Crippen molar-refractivity contribution >= 4 is 23.4 Å². The zero-order valence-electron chi connectivity index (χ0n) is 40.5. The van der Waals surface area contributed by atoms with Crippen molar-refractivity contribution < 1.29 is 53.4 Å². The molecule has 2 bridgehead atoms. The lowest BCUT2D eigenvalue weighted by Crippen LogP contribution is -2.61. The number of nitrogens with one attached hydrogen (secondary N) is 1. The molecule has 0 spiro atoms. The number of cyclic esters (lactones) is 1. The highest BCUT2D eigenvalue weighted by molar-refractivity contribution is 6.39. The van der Waals surface area contributed by atoms with Gasteiger partial charge in [-0.3, -0.25) is 14.4 Å². The lowest BCUT2D eigenvalue weighted by atomic mass is 9.78. The van der Waals surface area contributed by atoms with Gasteiger partial charge in [0.05, 0.1) is 18.3 Å². The number of nitrogens with zero attached hydrogens (tertiary/aromatic N) is 1. The van der Waals surface area contributed by atoms with Gasteiger partial charge in [0.15, 0.2) is 5.78 Å². The van der Waals surface area contributed by atoms with E-state index in [1.807, 2.05) is 64.3 Å². The number of ketones is 2. The van der Waals surface area contributed by atoms with E-state index in [0.717, 1.165) is 18.4 Å². The van der Waals surface area contributed by atoms with Crippen LogP contribution in [0, 0.1) is 35.5 Å². The van der Waals surface area contributed by atoms with Gasteiger partial charge in [0.1, 0.15) is 24.4 Å². The number of carbonyl (C=O) groups excluding carboxylic acids is 4. The van der Waals surface area contributed by atoms with Crippen LogP contribution in [-0.2, 0) is 38.1 Å². The predicted molar refractivity (Wildman–Crippen MR) is 247 cm³/mol. The van der Waals surface area contributed by atoms with E-state index in [1.165, 1.54) is 12.0 Å². The summed E-state index contributed by atoms with van der Waals surface area (Å²) in [5.41, 5.74) is 1.63. The Bertz CT molecular complexity index is 1680. The largest absolute Gasteiger partial charge is 0.461 e. The zero-order chi connectivity index (χ0) is 47.3. The molecule has 3 fully saturated rings. The highest BCUT2D eigenvalue weighted by Crippen LogP contribution is 2.37. The molecule has 362 valence electrons. The van der Waals surface area contributed by atoms with Crippen LogP contribution in [0.1, 0.15) is 132 Å². The van der Waals surface area contributed by atoms with Gasteiger partial charge in [0.2, 0.25) is 5.79 Å². The number of amides is 1. The van der Waals surface area contributed by atoms with Crippen molar-refractivity contribution in [1.29, 1.82) is 0 Å².